The highest BCUT2D eigenvalue weighted by Gasteiger charge is 2.05. The molecule has 0 aliphatic rings. The van der Waals surface area contributed by atoms with Crippen molar-refractivity contribution in [2.45, 2.75) is 26.8 Å². The molecule has 5 heteroatoms. The highest BCUT2D eigenvalue weighted by molar-refractivity contribution is 5.90. The Morgan fingerprint density at radius 2 is 2.06 bits per heavy atom. The van der Waals surface area contributed by atoms with E-state index in [1.807, 2.05) is 24.6 Å². The molecule has 0 fully saturated rings. The number of hydrogen-bond donors (Lipinski definition) is 1. The summed E-state index contributed by atoms with van der Waals surface area (Å²) >= 11 is 0. The van der Waals surface area contributed by atoms with E-state index in [2.05, 4.69) is 15.4 Å². The molecule has 0 bridgehead atoms. The molecule has 0 radical (unpaired) electrons. The van der Waals surface area contributed by atoms with Crippen molar-refractivity contribution >= 4 is 11.6 Å². The number of anilines is 1. The molecule has 1 amide bonds. The second-order valence-corrected chi connectivity index (χ2v) is 4.18. The predicted octanol–water partition coefficient (Wildman–Crippen LogP) is 1.92. The van der Waals surface area contributed by atoms with E-state index in [0.717, 1.165) is 17.1 Å². The number of aryl methyl sites for hydroxylation is 3. The number of pyridine rings is 1. The van der Waals surface area contributed by atoms with Crippen molar-refractivity contribution in [2.24, 2.45) is 0 Å². The Morgan fingerprint density at radius 1 is 1.33 bits per heavy atom. The van der Waals surface area contributed by atoms with Gasteiger partial charge in [0, 0.05) is 36.7 Å². The van der Waals surface area contributed by atoms with E-state index < -0.39 is 0 Å². The smallest absolute Gasteiger partial charge is 0.226 e. The summed E-state index contributed by atoms with van der Waals surface area (Å²) in [5, 5.41) is 7.13. The first kappa shape index (κ1) is 12.3. The Labute approximate surface area is 106 Å². The summed E-state index contributed by atoms with van der Waals surface area (Å²) in [4.78, 5) is 15.6. The molecule has 18 heavy (non-hydrogen) atoms. The minimum absolute atomic E-state index is 0.0197. The minimum atomic E-state index is -0.0197. The van der Waals surface area contributed by atoms with Crippen LogP contribution >= 0.6 is 0 Å². The van der Waals surface area contributed by atoms with E-state index >= 15 is 0 Å². The lowest BCUT2D eigenvalue weighted by Gasteiger charge is -2.06. The Hall–Kier alpha value is -2.17. The standard InChI is InChI=1S/C13H16N4O/c1-10-9-11(2)17(16-10)8-5-13(18)15-12-3-6-14-7-4-12/h3-4,6-7,9H,5,8H2,1-2H3,(H,14,15,18). The van der Waals surface area contributed by atoms with Crippen molar-refractivity contribution in [3.8, 4) is 0 Å². The quantitative estimate of drug-likeness (QED) is 0.893. The number of carbonyl (C=O) groups excluding carboxylic acids is 1. The molecule has 2 aromatic heterocycles. The van der Waals surface area contributed by atoms with Crippen LogP contribution in [0.4, 0.5) is 5.69 Å². The summed E-state index contributed by atoms with van der Waals surface area (Å²) in [7, 11) is 0. The van der Waals surface area contributed by atoms with Crippen LogP contribution in [-0.4, -0.2) is 20.7 Å². The largest absolute Gasteiger partial charge is 0.326 e. The van der Waals surface area contributed by atoms with Crippen molar-refractivity contribution in [3.05, 3.63) is 42.0 Å². The number of rotatable bonds is 4. The van der Waals surface area contributed by atoms with Crippen LogP contribution in [0.5, 0.6) is 0 Å². The molecule has 94 valence electrons. The van der Waals surface area contributed by atoms with Gasteiger partial charge in [-0.25, -0.2) is 0 Å². The summed E-state index contributed by atoms with van der Waals surface area (Å²) in [5.41, 5.74) is 2.81. The lowest BCUT2D eigenvalue weighted by Crippen LogP contribution is -2.15. The van der Waals surface area contributed by atoms with Crippen molar-refractivity contribution in [1.29, 1.82) is 0 Å². The maximum absolute atomic E-state index is 11.7. The van der Waals surface area contributed by atoms with Crippen LogP contribution in [-0.2, 0) is 11.3 Å². The number of nitrogens with zero attached hydrogens (tertiary/aromatic N) is 3. The average molecular weight is 244 g/mol. The van der Waals surface area contributed by atoms with Crippen LogP contribution in [0, 0.1) is 13.8 Å². The second kappa shape index (κ2) is 5.44. The highest BCUT2D eigenvalue weighted by Crippen LogP contribution is 2.06. The summed E-state index contributed by atoms with van der Waals surface area (Å²) in [6.45, 7) is 4.53. The fraction of sp³-hybridized carbons (Fsp3) is 0.308. The molecule has 0 aliphatic carbocycles. The van der Waals surface area contributed by atoms with Gasteiger partial charge >= 0.3 is 0 Å². The van der Waals surface area contributed by atoms with Gasteiger partial charge in [0.05, 0.1) is 5.69 Å². The zero-order valence-electron chi connectivity index (χ0n) is 10.6. The first-order valence-corrected chi connectivity index (χ1v) is 5.86. The van der Waals surface area contributed by atoms with E-state index in [1.54, 1.807) is 24.5 Å². The Morgan fingerprint density at radius 3 is 2.67 bits per heavy atom. The Balaban J connectivity index is 1.87. The maximum atomic E-state index is 11.7. The third kappa shape index (κ3) is 3.16. The fourth-order valence-electron chi connectivity index (χ4n) is 1.77. The summed E-state index contributed by atoms with van der Waals surface area (Å²) in [6.07, 6.45) is 3.71. The first-order valence-electron chi connectivity index (χ1n) is 5.86. The number of hydrogen-bond acceptors (Lipinski definition) is 3. The van der Waals surface area contributed by atoms with Gasteiger partial charge in [0.25, 0.3) is 0 Å². The van der Waals surface area contributed by atoms with Gasteiger partial charge in [-0.05, 0) is 32.0 Å². The zero-order valence-corrected chi connectivity index (χ0v) is 10.6. The number of nitrogens with one attached hydrogen (secondary N) is 1. The molecule has 0 spiro atoms. The topological polar surface area (TPSA) is 59.8 Å². The molecule has 0 unspecified atom stereocenters. The SMILES string of the molecule is Cc1cc(C)n(CCC(=O)Nc2ccncc2)n1. The molecule has 5 nitrogen and oxygen atoms in total. The lowest BCUT2D eigenvalue weighted by atomic mass is 10.3. The normalized spacial score (nSPS) is 10.3. The van der Waals surface area contributed by atoms with Crippen LogP contribution in [0.3, 0.4) is 0 Å². The fourth-order valence-corrected chi connectivity index (χ4v) is 1.77. The first-order chi connectivity index (χ1) is 8.65. The van der Waals surface area contributed by atoms with Crippen LogP contribution < -0.4 is 5.32 Å². The maximum Gasteiger partial charge on any atom is 0.226 e. The summed E-state index contributed by atoms with van der Waals surface area (Å²) in [6, 6.07) is 5.53. The van der Waals surface area contributed by atoms with Gasteiger partial charge in [-0.2, -0.15) is 5.10 Å². The second-order valence-electron chi connectivity index (χ2n) is 4.18. The molecule has 0 aliphatic heterocycles. The van der Waals surface area contributed by atoms with Crippen LogP contribution in [0.25, 0.3) is 0 Å². The van der Waals surface area contributed by atoms with E-state index in [0.29, 0.717) is 13.0 Å². The highest BCUT2D eigenvalue weighted by atomic mass is 16.1. The molecule has 1 N–H and O–H groups in total. The van der Waals surface area contributed by atoms with Gasteiger partial charge in [0.15, 0.2) is 0 Å². The van der Waals surface area contributed by atoms with Crippen molar-refractivity contribution < 1.29 is 4.79 Å². The van der Waals surface area contributed by atoms with E-state index in [-0.39, 0.29) is 5.91 Å². The summed E-state index contributed by atoms with van der Waals surface area (Å²) < 4.78 is 1.85. The van der Waals surface area contributed by atoms with Gasteiger partial charge in [-0.3, -0.25) is 14.5 Å². The molecular weight excluding hydrogens is 228 g/mol. The molecule has 0 atom stereocenters. The van der Waals surface area contributed by atoms with Crippen LogP contribution in [0.1, 0.15) is 17.8 Å². The number of carbonyl (C=O) groups is 1. The monoisotopic (exact) mass is 244 g/mol. The third-order valence-electron chi connectivity index (χ3n) is 2.62. The molecule has 0 saturated heterocycles. The van der Waals surface area contributed by atoms with Gasteiger partial charge in [-0.15, -0.1) is 0 Å². The molecule has 2 rings (SSSR count). The van der Waals surface area contributed by atoms with Crippen molar-refractivity contribution in [2.75, 3.05) is 5.32 Å². The lowest BCUT2D eigenvalue weighted by molar-refractivity contribution is -0.116. The van der Waals surface area contributed by atoms with E-state index in [9.17, 15) is 4.79 Å². The van der Waals surface area contributed by atoms with Gasteiger partial charge in [0.2, 0.25) is 5.91 Å². The van der Waals surface area contributed by atoms with Crippen LogP contribution in [0.15, 0.2) is 30.6 Å². The molecule has 0 saturated carbocycles. The molecular formula is C13H16N4O. The number of aromatic nitrogens is 3. The van der Waals surface area contributed by atoms with E-state index in [1.165, 1.54) is 0 Å². The van der Waals surface area contributed by atoms with Crippen LogP contribution in [0.2, 0.25) is 0 Å². The molecule has 0 aromatic carbocycles. The number of amides is 1. The molecule has 2 heterocycles. The molecule has 2 aromatic rings. The van der Waals surface area contributed by atoms with E-state index in [4.69, 9.17) is 0 Å². The van der Waals surface area contributed by atoms with Gasteiger partial charge in [-0.1, -0.05) is 0 Å². The van der Waals surface area contributed by atoms with Gasteiger partial charge in [0.1, 0.15) is 0 Å². The van der Waals surface area contributed by atoms with Gasteiger partial charge < -0.3 is 5.32 Å². The zero-order chi connectivity index (χ0) is 13.0. The third-order valence-corrected chi connectivity index (χ3v) is 2.62. The average Bonchev–Trinajstić information content (AvgIpc) is 2.66. The van der Waals surface area contributed by atoms with Crippen molar-refractivity contribution in [3.63, 3.8) is 0 Å². The Bertz CT molecular complexity index is 533. The minimum Gasteiger partial charge on any atom is -0.326 e. The predicted molar refractivity (Wildman–Crippen MR) is 69.2 cm³/mol. The Kier molecular flexibility index (Phi) is 3.72. The van der Waals surface area contributed by atoms with Crippen molar-refractivity contribution in [1.82, 2.24) is 14.8 Å². The summed E-state index contributed by atoms with van der Waals surface area (Å²) in [5.74, 6) is -0.0197.